The Morgan fingerprint density at radius 1 is 0.527 bits per heavy atom. The average molecular weight is 1380 g/mol. The summed E-state index contributed by atoms with van der Waals surface area (Å²) in [5.74, 6) is 4.17. The van der Waals surface area contributed by atoms with Crippen LogP contribution in [0.25, 0.3) is 39.0 Å². The number of hydrogen-bond acceptors (Lipinski definition) is 8. The zero-order chi connectivity index (χ0) is 66.7. The molecule has 0 saturated carbocycles. The molecule has 0 fully saturated rings. The van der Waals surface area contributed by atoms with Crippen molar-refractivity contribution in [2.24, 2.45) is 0 Å². The normalized spacial score (nSPS) is 11.9. The average Bonchev–Trinajstić information content (AvgIpc) is 1.32. The van der Waals surface area contributed by atoms with Crippen LogP contribution in [0.15, 0.2) is 116 Å². The Kier molecular flexibility index (Phi) is 23.5. The maximum atomic E-state index is 12.7. The van der Waals surface area contributed by atoms with Crippen molar-refractivity contribution in [2.45, 2.75) is 173 Å². The fraction of sp³-hybridized carbons (Fsp3) is 0.361. The van der Waals surface area contributed by atoms with Gasteiger partial charge in [-0.25, -0.2) is 19.9 Å². The number of aromatic nitrogens is 8. The summed E-state index contributed by atoms with van der Waals surface area (Å²) in [5, 5.41) is 8.10. The van der Waals surface area contributed by atoms with Gasteiger partial charge < -0.3 is 15.6 Å². The van der Waals surface area contributed by atoms with Crippen molar-refractivity contribution in [1.82, 2.24) is 39.5 Å². The number of fused-ring (bicyclic) bond motifs is 2. The number of rotatable bonds is 9. The minimum atomic E-state index is -4.37. The molecule has 4 heterocycles. The largest absolute Gasteiger partial charge is 0.416 e. The first-order chi connectivity index (χ1) is 41.8. The molecule has 10 aromatic rings. The molecule has 0 aliphatic heterocycles. The van der Waals surface area contributed by atoms with E-state index < -0.39 is 31.4 Å². The van der Waals surface area contributed by atoms with Crippen molar-refractivity contribution >= 4 is 69.9 Å². The van der Waals surface area contributed by atoms with Crippen LogP contribution in [-0.4, -0.2) is 49.8 Å². The number of anilines is 4. The minimum absolute atomic E-state index is 0. The van der Waals surface area contributed by atoms with E-state index in [1.54, 1.807) is 11.5 Å². The predicted octanol–water partition coefficient (Wildman–Crippen LogP) is 21.4. The molecule has 0 atom stereocenters. The number of nitrogens with zero attached hydrogens (tertiary/aromatic N) is 7. The van der Waals surface area contributed by atoms with Crippen molar-refractivity contribution in [3.05, 3.63) is 199 Å². The molecule has 0 radical (unpaired) electrons. The van der Waals surface area contributed by atoms with E-state index in [2.05, 4.69) is 193 Å². The summed E-state index contributed by atoms with van der Waals surface area (Å²) >= 11 is 5.63. The van der Waals surface area contributed by atoms with E-state index in [-0.39, 0.29) is 35.9 Å². The number of halogens is 7. The third-order valence-corrected chi connectivity index (χ3v) is 19.5. The number of H-pyrrole nitrogens is 1. The summed E-state index contributed by atoms with van der Waals surface area (Å²) in [7, 11) is -0.400. The number of imidazole rings is 2. The summed E-state index contributed by atoms with van der Waals surface area (Å²) in [5.41, 5.74) is 20.2. The van der Waals surface area contributed by atoms with Gasteiger partial charge in [0.25, 0.3) is 0 Å². The van der Waals surface area contributed by atoms with Crippen molar-refractivity contribution in [3.63, 3.8) is 0 Å². The molecule has 0 aliphatic carbocycles. The van der Waals surface area contributed by atoms with E-state index >= 15 is 0 Å². The zero-order valence-corrected chi connectivity index (χ0v) is 58.9. The molecule has 486 valence electrons. The van der Waals surface area contributed by atoms with Crippen molar-refractivity contribution in [2.75, 3.05) is 10.6 Å². The van der Waals surface area contributed by atoms with Crippen LogP contribution in [0, 0.1) is 69.2 Å². The first kappa shape index (κ1) is 73.0. The molecule has 0 bridgehead atoms. The number of hydrogen-bond donors (Lipinski definition) is 3. The topological polar surface area (TPSA) is 122 Å². The van der Waals surface area contributed by atoms with Crippen LogP contribution in [-0.2, 0) is 32.8 Å². The molecule has 4 aromatic heterocycles. The summed E-state index contributed by atoms with van der Waals surface area (Å²) in [6.45, 7) is 45.5. The first-order valence-electron chi connectivity index (χ1n) is 30.0. The SMILES string of the molecule is Cc1c(C)c(C)c(P(C(C)(C)C)C(C)(C)C)c(-c2ccc(C(C)C)cc2C(C)C)c1C.Cc1cc(C)c2nc(C)[nH]c2c1.Cc1cc(C)c2nc(C)n(-c3cncc(Nc4ccc(C(F)(F)F)cc4)n3)c2c1.FC(F)(F)c1ccc(Nc2cncc(Cl)n2)cc1.[Pd]. The number of aromatic amines is 1. The van der Waals surface area contributed by atoms with Crippen LogP contribution in [0.4, 0.5) is 49.4 Å². The molecule has 0 unspecified atom stereocenters. The molecule has 0 amide bonds. The van der Waals surface area contributed by atoms with Crippen LogP contribution in [0.3, 0.4) is 0 Å². The van der Waals surface area contributed by atoms with Gasteiger partial charge in [-0.3, -0.25) is 14.5 Å². The Bertz CT molecular complexity index is 4150. The second-order valence-corrected chi connectivity index (χ2v) is 29.9. The van der Waals surface area contributed by atoms with Crippen molar-refractivity contribution in [3.8, 4) is 16.9 Å². The number of nitrogens with one attached hydrogen (secondary N) is 3. The first-order valence-corrected chi connectivity index (χ1v) is 31.7. The van der Waals surface area contributed by atoms with Crippen molar-refractivity contribution < 1.29 is 46.8 Å². The quantitative estimate of drug-likeness (QED) is 0.0742. The summed E-state index contributed by atoms with van der Waals surface area (Å²) < 4.78 is 77.1. The third kappa shape index (κ3) is 18.0. The molecule has 3 N–H and O–H groups in total. The Morgan fingerprint density at radius 2 is 1.02 bits per heavy atom. The van der Waals surface area contributed by atoms with Gasteiger partial charge in [0.1, 0.15) is 16.8 Å². The van der Waals surface area contributed by atoms with E-state index in [4.69, 9.17) is 11.6 Å². The van der Waals surface area contributed by atoms with Crippen LogP contribution in [0.1, 0.15) is 159 Å². The summed E-state index contributed by atoms with van der Waals surface area (Å²) in [6.07, 6.45) is -2.78. The van der Waals surface area contributed by atoms with Gasteiger partial charge in [0, 0.05) is 31.8 Å². The van der Waals surface area contributed by atoms with E-state index in [1.165, 1.54) is 98.5 Å². The van der Waals surface area contributed by atoms with Gasteiger partial charge in [-0.2, -0.15) is 26.3 Å². The molecule has 10 nitrogen and oxygen atoms in total. The fourth-order valence-electron chi connectivity index (χ4n) is 11.5. The fourth-order valence-corrected chi connectivity index (χ4v) is 16.0. The summed E-state index contributed by atoms with van der Waals surface area (Å²) in [6, 6.07) is 25.1. The van der Waals surface area contributed by atoms with Crippen molar-refractivity contribution in [1.29, 1.82) is 0 Å². The Hall–Kier alpha value is -7.02. The number of alkyl halides is 6. The number of aryl methyl sites for hydroxylation is 6. The minimum Gasteiger partial charge on any atom is -0.342 e. The Labute approximate surface area is 552 Å². The Balaban J connectivity index is 0.000000202. The Morgan fingerprint density at radius 3 is 1.52 bits per heavy atom. The molecule has 0 saturated heterocycles. The third-order valence-electron chi connectivity index (χ3n) is 15.6. The maximum Gasteiger partial charge on any atom is 0.416 e. The van der Waals surface area contributed by atoms with Gasteiger partial charge >= 0.3 is 12.4 Å². The van der Waals surface area contributed by atoms with Crippen LogP contribution in [0.5, 0.6) is 0 Å². The van der Waals surface area contributed by atoms with Gasteiger partial charge in [-0.05, 0) is 224 Å². The van der Waals surface area contributed by atoms with Gasteiger partial charge in [0.05, 0.1) is 58.0 Å². The van der Waals surface area contributed by atoms with Gasteiger partial charge in [0.2, 0.25) is 0 Å². The monoisotopic (exact) mass is 1370 g/mol. The van der Waals surface area contributed by atoms with Crippen LogP contribution < -0.4 is 15.9 Å². The van der Waals surface area contributed by atoms with Gasteiger partial charge in [-0.15, -0.1) is 0 Å². The molecular weight excluding hydrogens is 1290 g/mol. The number of benzene rings is 6. The summed E-state index contributed by atoms with van der Waals surface area (Å²) in [4.78, 5) is 28.8. The van der Waals surface area contributed by atoms with E-state index in [0.29, 0.717) is 40.7 Å². The van der Waals surface area contributed by atoms with Crippen LogP contribution >= 0.6 is 19.5 Å². The molecular formula is C72H84ClF6N10PPd. The predicted molar refractivity (Wildman–Crippen MR) is 363 cm³/mol. The molecule has 0 aliphatic rings. The standard InChI is InChI=1S/C30H47P.C21H18F3N5.C11H7ClF3N3.C10H12N2.Pd/c1-18(2)24-15-16-25(26(17-24)19(3)4)27-22(7)20(5)21(6)23(8)28(27)31(29(9,10)11)30(12,13)14;1-12-8-13(2)20-17(9-12)29(14(3)26-20)19-11-25-10-18(28-19)27-16-6-4-15(5-7-16)21(22,23)24;12-9-5-16-6-10(18-9)17-8-3-1-7(2-4-8)11(13,14)15;1-6-4-7(2)10-9(5-6)11-8(3)12-10;/h15-19H,1-14H3;4-11H,1-3H3,(H,27,28);1-6H,(H,17,18);4-5H,1-3H3,(H,11,12);. The molecule has 19 heteroatoms. The van der Waals surface area contributed by atoms with E-state index in [0.717, 1.165) is 69.1 Å². The molecule has 6 aromatic carbocycles. The molecule has 0 spiro atoms. The van der Waals surface area contributed by atoms with E-state index in [1.807, 2.05) is 38.3 Å². The molecule has 10 rings (SSSR count). The maximum absolute atomic E-state index is 12.7. The van der Waals surface area contributed by atoms with E-state index in [9.17, 15) is 26.3 Å². The van der Waals surface area contributed by atoms with Crippen LogP contribution in [0.2, 0.25) is 5.15 Å². The smallest absolute Gasteiger partial charge is 0.342 e. The van der Waals surface area contributed by atoms with Gasteiger partial charge in [-0.1, -0.05) is 119 Å². The zero-order valence-electron chi connectivity index (χ0n) is 55.7. The second-order valence-electron chi connectivity index (χ2n) is 25.7. The van der Waals surface area contributed by atoms with Gasteiger partial charge in [0.15, 0.2) is 17.5 Å². The second kappa shape index (κ2) is 29.3. The molecule has 91 heavy (non-hydrogen) atoms.